The molecule has 0 saturated carbocycles. The number of aliphatic hydroxyl groups is 3. The Balaban J connectivity index is 0.00000228. The summed E-state index contributed by atoms with van der Waals surface area (Å²) in [6, 6.07) is 3.76. The Morgan fingerprint density at radius 2 is 1.94 bits per heavy atom. The van der Waals surface area contributed by atoms with Crippen LogP contribution in [0.1, 0.15) is 17.5 Å². The van der Waals surface area contributed by atoms with Crippen molar-refractivity contribution >= 4 is 5.97 Å². The van der Waals surface area contributed by atoms with E-state index in [0.29, 0.717) is 5.75 Å². The molecule has 1 aromatic rings. The van der Waals surface area contributed by atoms with Gasteiger partial charge in [0.2, 0.25) is 0 Å². The van der Waals surface area contributed by atoms with Crippen molar-refractivity contribution in [1.82, 2.24) is 5.32 Å². The molecule has 2 fully saturated rings. The maximum atomic E-state index is 11.4. The Bertz CT molecular complexity index is 1000. The number of hydrogen-bond donors (Lipinski definition) is 6. The Kier molecular flexibility index (Phi) is 5.99. The number of nitrogens with one attached hydrogen (secondary N) is 1. The van der Waals surface area contributed by atoms with E-state index in [-0.39, 0.29) is 55.0 Å². The van der Waals surface area contributed by atoms with Crippen LogP contribution in [0.5, 0.6) is 11.5 Å². The van der Waals surface area contributed by atoms with Crippen LogP contribution >= 0.6 is 0 Å². The second-order valence-electron chi connectivity index (χ2n) is 9.29. The summed E-state index contributed by atoms with van der Waals surface area (Å²) in [4.78, 5) is 11.4. The average molecular weight is 615 g/mol. The number of ether oxygens (including phenoxy) is 3. The van der Waals surface area contributed by atoms with E-state index in [9.17, 15) is 30.3 Å². The molecule has 184 valence electrons. The molecule has 33 heavy (non-hydrogen) atoms. The van der Waals surface area contributed by atoms with Gasteiger partial charge in [-0.3, -0.25) is 0 Å². The molecule has 0 amide bonds. The van der Waals surface area contributed by atoms with E-state index in [1.165, 1.54) is 0 Å². The van der Waals surface area contributed by atoms with E-state index in [4.69, 9.17) is 14.2 Å². The van der Waals surface area contributed by atoms with Gasteiger partial charge in [-0.15, -0.1) is 0 Å². The quantitative estimate of drug-likeness (QED) is 0.228. The van der Waals surface area contributed by atoms with E-state index in [1.54, 1.807) is 6.07 Å². The van der Waals surface area contributed by atoms with Gasteiger partial charge in [-0.1, -0.05) is 18.2 Å². The van der Waals surface area contributed by atoms with Gasteiger partial charge in [0, 0.05) is 60.2 Å². The summed E-state index contributed by atoms with van der Waals surface area (Å²) in [6.45, 7) is 0.769. The predicted molar refractivity (Wildman–Crippen MR) is 106 cm³/mol. The Hall–Kier alpha value is -0.963. The number of phenols is 1. The fourth-order valence-corrected chi connectivity index (χ4v) is 6.40. The number of aliphatic hydroxyl groups excluding tert-OH is 3. The van der Waals surface area contributed by atoms with Crippen LogP contribution in [0.25, 0.3) is 0 Å². The van der Waals surface area contributed by atoms with Crippen LogP contribution in [0.3, 0.4) is 0 Å². The minimum absolute atomic E-state index is 0. The van der Waals surface area contributed by atoms with Crippen LogP contribution < -0.4 is 10.1 Å². The fourth-order valence-electron chi connectivity index (χ4n) is 6.40. The van der Waals surface area contributed by atoms with Crippen LogP contribution in [0.15, 0.2) is 24.3 Å². The van der Waals surface area contributed by atoms with Crippen LogP contribution in [-0.2, 0) is 26.1 Å². The van der Waals surface area contributed by atoms with Gasteiger partial charge in [0.05, 0.1) is 0 Å². The van der Waals surface area contributed by atoms with Gasteiger partial charge < -0.3 is 45.1 Å². The summed E-state index contributed by atoms with van der Waals surface area (Å²) >= 11 is 0. The number of phenolic OH excluding ortho intramolecular Hbond substituents is 1. The Morgan fingerprint density at radius 3 is 2.70 bits per heavy atom. The van der Waals surface area contributed by atoms with Crippen molar-refractivity contribution < 1.29 is 81.8 Å². The molecule has 6 rings (SSSR count). The first-order valence-electron chi connectivity index (χ1n) is 10.8. The van der Waals surface area contributed by atoms with Crippen molar-refractivity contribution in [1.29, 1.82) is 0 Å². The predicted octanol–water partition coefficient (Wildman–Crippen LogP) is -1.23. The molecule has 0 unspecified atom stereocenters. The van der Waals surface area contributed by atoms with E-state index in [0.717, 1.165) is 30.5 Å². The van der Waals surface area contributed by atoms with Crippen molar-refractivity contribution in [2.24, 2.45) is 5.92 Å². The number of piperidine rings is 1. The van der Waals surface area contributed by atoms with Crippen LogP contribution in [-0.4, -0.2) is 87.0 Å². The van der Waals surface area contributed by atoms with Gasteiger partial charge >= 0.3 is 5.97 Å². The van der Waals surface area contributed by atoms with Crippen LogP contribution in [0, 0.1) is 43.2 Å². The fraction of sp³-hybridized carbons (Fsp3) is 0.591. The van der Waals surface area contributed by atoms with Gasteiger partial charge in [-0.05, 0) is 31.0 Å². The number of aromatic hydroxyl groups is 1. The molecule has 0 radical (unpaired) electrons. The van der Waals surface area contributed by atoms with Crippen LogP contribution in [0.2, 0.25) is 0 Å². The normalized spacial score (nSPS) is 44.4. The molecular weight excluding hydrogens is 590 g/mol. The third-order valence-corrected chi connectivity index (χ3v) is 7.77. The first-order chi connectivity index (χ1) is 15.3. The summed E-state index contributed by atoms with van der Waals surface area (Å²) in [6.07, 6.45) is -4.26. The zero-order valence-corrected chi connectivity index (χ0v) is 19.1. The topological polar surface area (TPSA) is 158 Å². The van der Waals surface area contributed by atoms with Crippen LogP contribution in [0.4, 0.5) is 0 Å². The average Bonchev–Trinajstić information content (AvgIpc) is 3.11. The molecule has 10 nitrogen and oxygen atoms in total. The molecule has 2 saturated heterocycles. The number of carboxylic acids is 1. The molecule has 11 heteroatoms. The summed E-state index contributed by atoms with van der Waals surface area (Å²) in [7, 11) is 0. The summed E-state index contributed by atoms with van der Waals surface area (Å²) in [5.41, 5.74) is 1.66. The summed E-state index contributed by atoms with van der Waals surface area (Å²) in [5.74, 6) is -0.852. The molecule has 5 aliphatic rings. The van der Waals surface area contributed by atoms with Gasteiger partial charge in [0.25, 0.3) is 0 Å². The van der Waals surface area contributed by atoms with E-state index < -0.39 is 54.3 Å². The Morgan fingerprint density at radius 1 is 1.15 bits per heavy atom. The third-order valence-electron chi connectivity index (χ3n) is 7.77. The number of aliphatic carboxylic acids is 1. The molecule has 1 aromatic carbocycles. The molecule has 3 heterocycles. The minimum Gasteiger partial charge on any atom is -0.504 e. The Labute approximate surface area is 218 Å². The second-order valence-corrected chi connectivity index (χ2v) is 9.29. The molecule has 10 atom stereocenters. The standard InChI is InChI=1S/C22H25NO9.Er/c24-11-3-1-8-7-10-9-2-4-12(19-22(9,5-6-23-10)13(8)17(11)31-19)30-21-16(27)14(25)15(26)18(32-21)20(28)29;/h1-4,9-10,12,14-16,18-19,21,23-27H,5-7H2,(H,28,29);/t9-,10+,12-,14-,15-,16+,18-,19-,21+,22-;/m0./s1. The van der Waals surface area contributed by atoms with E-state index in [2.05, 4.69) is 11.4 Å². The van der Waals surface area contributed by atoms with Gasteiger partial charge in [-0.25, -0.2) is 4.79 Å². The molecule has 0 aromatic heterocycles. The van der Waals surface area contributed by atoms with Crippen molar-refractivity contribution in [3.8, 4) is 11.5 Å². The van der Waals surface area contributed by atoms with Crippen molar-refractivity contribution in [2.75, 3.05) is 6.54 Å². The number of hydrogen-bond acceptors (Lipinski definition) is 9. The largest absolute Gasteiger partial charge is 0.504 e. The summed E-state index contributed by atoms with van der Waals surface area (Å²) in [5, 5.41) is 53.9. The van der Waals surface area contributed by atoms with E-state index >= 15 is 0 Å². The third kappa shape index (κ3) is 3.23. The van der Waals surface area contributed by atoms with Crippen molar-refractivity contribution in [3.05, 3.63) is 35.4 Å². The molecular formula is C22H25ErNO9. The molecule has 1 spiro atoms. The number of carbonyl (C=O) groups is 1. The second kappa shape index (κ2) is 8.31. The number of rotatable bonds is 3. The first kappa shape index (κ1) is 23.8. The number of benzene rings is 1. The van der Waals surface area contributed by atoms with Gasteiger partial charge in [0.1, 0.15) is 30.5 Å². The zero-order valence-electron chi connectivity index (χ0n) is 17.3. The maximum Gasteiger partial charge on any atom is 0.335 e. The molecule has 2 bridgehead atoms. The number of carboxylic acid groups (broad SMARTS) is 1. The SMILES string of the molecule is O=C(O)[C@H]1O[C@@H](O[C@H]2C=C[C@H]3[C@H]4Cc5ccc(O)c6c5[C@@]3(CCN4)[C@H]2O6)[C@H](O)[C@@H](O)[C@@H]1O.[Er]. The minimum atomic E-state index is -1.79. The summed E-state index contributed by atoms with van der Waals surface area (Å²) < 4.78 is 17.6. The smallest absolute Gasteiger partial charge is 0.335 e. The maximum absolute atomic E-state index is 11.4. The molecule has 2 aliphatic carbocycles. The van der Waals surface area contributed by atoms with Crippen molar-refractivity contribution in [3.63, 3.8) is 0 Å². The monoisotopic (exact) mass is 613 g/mol. The molecule has 6 N–H and O–H groups in total. The van der Waals surface area contributed by atoms with E-state index in [1.807, 2.05) is 12.1 Å². The van der Waals surface area contributed by atoms with Crippen molar-refractivity contribution in [2.45, 2.75) is 67.2 Å². The zero-order chi connectivity index (χ0) is 22.4. The van der Waals surface area contributed by atoms with Gasteiger partial charge in [-0.2, -0.15) is 0 Å². The first-order valence-corrected chi connectivity index (χ1v) is 10.8. The molecule has 3 aliphatic heterocycles. The van der Waals surface area contributed by atoms with Gasteiger partial charge in [0.15, 0.2) is 23.9 Å².